The lowest BCUT2D eigenvalue weighted by atomic mass is 10.2. The topological polar surface area (TPSA) is 84.5 Å². The minimum absolute atomic E-state index is 0.123. The summed E-state index contributed by atoms with van der Waals surface area (Å²) < 4.78 is 37.6. The van der Waals surface area contributed by atoms with Crippen LogP contribution in [0.4, 0.5) is 0 Å². The van der Waals surface area contributed by atoms with Crippen molar-refractivity contribution < 1.29 is 17.9 Å². The molecule has 2 heterocycles. The van der Waals surface area contributed by atoms with E-state index in [4.69, 9.17) is 32.7 Å². The molecule has 4 rings (SSSR count). The largest absolute Gasteiger partial charge is 0.454 e. The molecule has 0 fully saturated rings. The molecule has 1 aromatic heterocycles. The van der Waals surface area contributed by atoms with Crippen molar-refractivity contribution in [2.75, 3.05) is 19.9 Å². The van der Waals surface area contributed by atoms with Gasteiger partial charge < -0.3 is 14.5 Å². The van der Waals surface area contributed by atoms with E-state index < -0.39 is 10.0 Å². The summed E-state index contributed by atoms with van der Waals surface area (Å²) in [6.45, 7) is 4.54. The van der Waals surface area contributed by atoms with Gasteiger partial charge in [0.1, 0.15) is 5.82 Å². The van der Waals surface area contributed by atoms with Crippen LogP contribution in [0.3, 0.4) is 0 Å². The Kier molecular flexibility index (Phi) is 5.67. The van der Waals surface area contributed by atoms with E-state index in [2.05, 4.69) is 9.97 Å². The lowest BCUT2D eigenvalue weighted by Crippen LogP contribution is -2.30. The van der Waals surface area contributed by atoms with Gasteiger partial charge in [-0.05, 0) is 42.0 Å². The zero-order chi connectivity index (χ0) is 21.5. The normalized spacial score (nSPS) is 14.1. The van der Waals surface area contributed by atoms with E-state index in [-0.39, 0.29) is 11.7 Å². The Hall–Kier alpha value is -2.26. The monoisotopic (exact) mass is 467 g/mol. The van der Waals surface area contributed by atoms with Crippen molar-refractivity contribution in [3.05, 3.63) is 46.7 Å². The molecule has 0 spiro atoms. The van der Waals surface area contributed by atoms with Gasteiger partial charge in [0.2, 0.25) is 16.8 Å². The van der Waals surface area contributed by atoms with Crippen LogP contribution in [-0.2, 0) is 10.0 Å². The number of hydrogen-bond acceptors (Lipinski definition) is 5. The van der Waals surface area contributed by atoms with Crippen LogP contribution in [0, 0.1) is 0 Å². The maximum absolute atomic E-state index is 12.8. The zero-order valence-electron chi connectivity index (χ0n) is 16.3. The van der Waals surface area contributed by atoms with Crippen molar-refractivity contribution in [3.8, 4) is 11.5 Å². The van der Waals surface area contributed by atoms with Crippen molar-refractivity contribution >= 4 is 55.4 Å². The number of aromatic amines is 1. The molecule has 158 valence electrons. The van der Waals surface area contributed by atoms with Crippen molar-refractivity contribution in [2.24, 2.45) is 0 Å². The van der Waals surface area contributed by atoms with Gasteiger partial charge in [-0.2, -0.15) is 4.31 Å². The predicted octanol–water partition coefficient (Wildman–Crippen LogP) is 4.71. The Bertz CT molecular complexity index is 1250. The molecule has 7 nitrogen and oxygen atoms in total. The van der Waals surface area contributed by atoms with Gasteiger partial charge in [-0.1, -0.05) is 37.0 Å². The highest BCUT2D eigenvalue weighted by Crippen LogP contribution is 2.40. The Morgan fingerprint density at radius 1 is 1.23 bits per heavy atom. The average Bonchev–Trinajstić information content (AvgIpc) is 3.35. The fraction of sp³-hybridized carbons (Fsp3) is 0.250. The highest BCUT2D eigenvalue weighted by Gasteiger charge is 2.22. The standard InChI is InChI=1S/C20H19Cl2N3O4S/c1-3-25(4-2)30(26,27)13-5-6-16-17(10-13)24-20(23-16)15(22)8-12-7-14(21)19-18(9-12)28-11-29-19/h5-10H,3-4,11H2,1-2H3,(H,23,24)/b15-8-. The minimum Gasteiger partial charge on any atom is -0.454 e. The smallest absolute Gasteiger partial charge is 0.243 e. The van der Waals surface area contributed by atoms with Gasteiger partial charge in [0.25, 0.3) is 0 Å². The minimum atomic E-state index is -3.57. The van der Waals surface area contributed by atoms with E-state index in [0.717, 1.165) is 5.56 Å². The highest BCUT2D eigenvalue weighted by atomic mass is 35.5. The third-order valence-electron chi connectivity index (χ3n) is 4.77. The molecule has 2 aromatic carbocycles. The van der Waals surface area contributed by atoms with E-state index in [1.54, 1.807) is 50.3 Å². The quantitative estimate of drug-likeness (QED) is 0.567. The molecule has 10 heteroatoms. The van der Waals surface area contributed by atoms with Crippen LogP contribution in [0.15, 0.2) is 35.2 Å². The number of benzene rings is 2. The summed E-state index contributed by atoms with van der Waals surface area (Å²) >= 11 is 12.7. The van der Waals surface area contributed by atoms with Crippen LogP contribution in [0.2, 0.25) is 5.02 Å². The molecule has 30 heavy (non-hydrogen) atoms. The number of nitrogens with zero attached hydrogens (tertiary/aromatic N) is 2. The SMILES string of the molecule is CCN(CC)S(=O)(=O)c1ccc2nc(/C(Cl)=C/c3cc(Cl)c4c(c3)OCO4)[nH]c2c1. The van der Waals surface area contributed by atoms with E-state index in [9.17, 15) is 8.42 Å². The summed E-state index contributed by atoms with van der Waals surface area (Å²) in [5, 5.41) is 0.769. The van der Waals surface area contributed by atoms with Gasteiger partial charge in [-0.15, -0.1) is 0 Å². The summed E-state index contributed by atoms with van der Waals surface area (Å²) in [4.78, 5) is 7.75. The second-order valence-electron chi connectivity index (χ2n) is 6.58. The first-order chi connectivity index (χ1) is 14.3. The molecule has 0 radical (unpaired) electrons. The summed E-state index contributed by atoms with van der Waals surface area (Å²) in [6.07, 6.45) is 1.70. The third-order valence-corrected chi connectivity index (χ3v) is 7.38. The number of nitrogens with one attached hydrogen (secondary N) is 1. The lowest BCUT2D eigenvalue weighted by molar-refractivity contribution is 0.174. The Morgan fingerprint density at radius 3 is 2.73 bits per heavy atom. The molecule has 3 aromatic rings. The molecule has 0 saturated carbocycles. The molecule has 0 bridgehead atoms. The first-order valence-electron chi connectivity index (χ1n) is 9.30. The fourth-order valence-corrected chi connectivity index (χ4v) is 5.23. The first-order valence-corrected chi connectivity index (χ1v) is 11.5. The molecule has 1 aliphatic heterocycles. The number of ether oxygens (including phenoxy) is 2. The van der Waals surface area contributed by atoms with Crippen molar-refractivity contribution in [1.82, 2.24) is 14.3 Å². The Labute approximate surface area is 184 Å². The van der Waals surface area contributed by atoms with Crippen molar-refractivity contribution in [3.63, 3.8) is 0 Å². The van der Waals surface area contributed by atoms with Crippen LogP contribution in [-0.4, -0.2) is 42.6 Å². The van der Waals surface area contributed by atoms with Crippen LogP contribution in [0.25, 0.3) is 22.1 Å². The third kappa shape index (κ3) is 3.76. The summed E-state index contributed by atoms with van der Waals surface area (Å²) in [5.74, 6) is 1.47. The summed E-state index contributed by atoms with van der Waals surface area (Å²) in [5.41, 5.74) is 1.91. The predicted molar refractivity (Wildman–Crippen MR) is 117 cm³/mol. The maximum Gasteiger partial charge on any atom is 0.243 e. The number of rotatable bonds is 6. The fourth-order valence-electron chi connectivity index (χ4n) is 3.26. The van der Waals surface area contributed by atoms with Crippen LogP contribution >= 0.6 is 23.2 Å². The number of fused-ring (bicyclic) bond motifs is 2. The number of halogens is 2. The number of imidazole rings is 1. The van der Waals surface area contributed by atoms with Crippen LogP contribution in [0.1, 0.15) is 25.2 Å². The Morgan fingerprint density at radius 2 is 2.00 bits per heavy atom. The Balaban J connectivity index is 1.69. The van der Waals surface area contributed by atoms with E-state index in [1.807, 2.05) is 0 Å². The second kappa shape index (κ2) is 8.11. The highest BCUT2D eigenvalue weighted by molar-refractivity contribution is 7.89. The number of aromatic nitrogens is 2. The lowest BCUT2D eigenvalue weighted by Gasteiger charge is -2.18. The summed E-state index contributed by atoms with van der Waals surface area (Å²) in [7, 11) is -3.57. The molecule has 0 unspecified atom stereocenters. The van der Waals surface area contributed by atoms with Crippen molar-refractivity contribution in [2.45, 2.75) is 18.7 Å². The van der Waals surface area contributed by atoms with E-state index in [0.29, 0.717) is 51.5 Å². The van der Waals surface area contributed by atoms with Gasteiger partial charge in [0.05, 0.1) is 26.0 Å². The van der Waals surface area contributed by atoms with Crippen LogP contribution in [0.5, 0.6) is 11.5 Å². The van der Waals surface area contributed by atoms with Gasteiger partial charge in [-0.25, -0.2) is 13.4 Å². The first kappa shape index (κ1) is 21.0. The van der Waals surface area contributed by atoms with Gasteiger partial charge in [-0.3, -0.25) is 0 Å². The van der Waals surface area contributed by atoms with Crippen LogP contribution < -0.4 is 9.47 Å². The van der Waals surface area contributed by atoms with Gasteiger partial charge in [0, 0.05) is 13.1 Å². The molecule has 0 saturated heterocycles. The number of hydrogen-bond donors (Lipinski definition) is 1. The van der Waals surface area contributed by atoms with E-state index >= 15 is 0 Å². The maximum atomic E-state index is 12.8. The number of sulfonamides is 1. The molecular weight excluding hydrogens is 449 g/mol. The van der Waals surface area contributed by atoms with Gasteiger partial charge in [0.15, 0.2) is 11.5 Å². The van der Waals surface area contributed by atoms with Gasteiger partial charge >= 0.3 is 0 Å². The molecule has 1 aliphatic rings. The zero-order valence-corrected chi connectivity index (χ0v) is 18.6. The molecule has 0 atom stereocenters. The molecular formula is C20H19Cl2N3O4S. The average molecular weight is 468 g/mol. The second-order valence-corrected chi connectivity index (χ2v) is 9.33. The van der Waals surface area contributed by atoms with E-state index in [1.165, 1.54) is 4.31 Å². The molecule has 0 amide bonds. The molecule has 0 aliphatic carbocycles. The number of H-pyrrole nitrogens is 1. The van der Waals surface area contributed by atoms with Crippen molar-refractivity contribution in [1.29, 1.82) is 0 Å². The summed E-state index contributed by atoms with van der Waals surface area (Å²) in [6, 6.07) is 8.27. The molecule has 1 N–H and O–H groups in total.